The van der Waals surface area contributed by atoms with Gasteiger partial charge in [0.1, 0.15) is 5.82 Å². The molecule has 21 heavy (non-hydrogen) atoms. The summed E-state index contributed by atoms with van der Waals surface area (Å²) in [6, 6.07) is 11.1. The summed E-state index contributed by atoms with van der Waals surface area (Å²) >= 11 is 0. The molecule has 1 amide bonds. The van der Waals surface area contributed by atoms with E-state index in [1.807, 2.05) is 0 Å². The lowest BCUT2D eigenvalue weighted by atomic mass is 10.0. The highest BCUT2D eigenvalue weighted by atomic mass is 19.1. The molecule has 2 rings (SSSR count). The molecule has 0 spiro atoms. The monoisotopic (exact) mass is 287 g/mol. The van der Waals surface area contributed by atoms with Gasteiger partial charge in [-0.1, -0.05) is 18.2 Å². The fourth-order valence-electron chi connectivity index (χ4n) is 1.93. The van der Waals surface area contributed by atoms with Gasteiger partial charge in [0.2, 0.25) is 5.91 Å². The minimum atomic E-state index is -0.323. The van der Waals surface area contributed by atoms with Crippen LogP contribution in [0.2, 0.25) is 0 Å². The molecule has 0 unspecified atom stereocenters. The van der Waals surface area contributed by atoms with E-state index in [0.717, 1.165) is 11.1 Å². The van der Waals surface area contributed by atoms with Gasteiger partial charge in [0.05, 0.1) is 5.69 Å². The van der Waals surface area contributed by atoms with Gasteiger partial charge in [-0.25, -0.2) is 4.39 Å². The summed E-state index contributed by atoms with van der Waals surface area (Å²) in [5, 5.41) is 0. The zero-order chi connectivity index (χ0) is 15.4. The second-order valence-corrected chi connectivity index (χ2v) is 4.48. The van der Waals surface area contributed by atoms with E-state index in [9.17, 15) is 14.0 Å². The Balaban J connectivity index is 2.46. The van der Waals surface area contributed by atoms with E-state index in [-0.39, 0.29) is 17.5 Å². The van der Waals surface area contributed by atoms with Crippen LogP contribution >= 0.6 is 0 Å². The van der Waals surface area contributed by atoms with Crippen molar-refractivity contribution in [3.8, 4) is 16.9 Å². The summed E-state index contributed by atoms with van der Waals surface area (Å²) in [5.41, 5.74) is 2.03. The third kappa shape index (κ3) is 3.25. The van der Waals surface area contributed by atoms with E-state index in [0.29, 0.717) is 12.2 Å². The maximum absolute atomic E-state index is 12.9. The fourth-order valence-corrected chi connectivity index (χ4v) is 1.93. The first kappa shape index (κ1) is 14.7. The first-order valence-electron chi connectivity index (χ1n) is 6.27. The van der Waals surface area contributed by atoms with Crippen LogP contribution in [-0.2, 0) is 9.59 Å². The zero-order valence-corrected chi connectivity index (χ0v) is 11.7. The van der Waals surface area contributed by atoms with Crippen molar-refractivity contribution in [3.63, 3.8) is 0 Å². The molecule has 0 bridgehead atoms. The number of hydrogen-bond acceptors (Lipinski definition) is 3. The van der Waals surface area contributed by atoms with Gasteiger partial charge in [0.25, 0.3) is 6.47 Å². The van der Waals surface area contributed by atoms with E-state index in [1.54, 1.807) is 37.4 Å². The van der Waals surface area contributed by atoms with Crippen molar-refractivity contribution in [1.29, 1.82) is 0 Å². The molecule has 108 valence electrons. The Morgan fingerprint density at radius 2 is 1.76 bits per heavy atom. The van der Waals surface area contributed by atoms with Crippen LogP contribution in [0.1, 0.15) is 6.92 Å². The lowest BCUT2D eigenvalue weighted by Crippen LogP contribution is -2.23. The molecule has 0 aliphatic carbocycles. The van der Waals surface area contributed by atoms with Crippen LogP contribution in [0.5, 0.6) is 5.75 Å². The number of halogens is 1. The van der Waals surface area contributed by atoms with E-state index < -0.39 is 0 Å². The molecule has 0 saturated carbocycles. The lowest BCUT2D eigenvalue weighted by Gasteiger charge is -2.18. The van der Waals surface area contributed by atoms with Gasteiger partial charge in [0, 0.05) is 14.0 Å². The van der Waals surface area contributed by atoms with Gasteiger partial charge in [-0.15, -0.1) is 0 Å². The summed E-state index contributed by atoms with van der Waals surface area (Å²) in [5.74, 6) is -0.235. The largest absolute Gasteiger partial charge is 0.426 e. The summed E-state index contributed by atoms with van der Waals surface area (Å²) in [6.45, 7) is 1.72. The second-order valence-electron chi connectivity index (χ2n) is 4.48. The van der Waals surface area contributed by atoms with Crippen molar-refractivity contribution in [2.75, 3.05) is 11.9 Å². The van der Waals surface area contributed by atoms with Crippen molar-refractivity contribution < 1.29 is 18.7 Å². The number of ether oxygens (including phenoxy) is 1. The van der Waals surface area contributed by atoms with E-state index in [2.05, 4.69) is 0 Å². The molecule has 0 fully saturated rings. The molecule has 2 aromatic carbocycles. The first-order valence-corrected chi connectivity index (χ1v) is 6.27. The van der Waals surface area contributed by atoms with E-state index in [1.165, 1.54) is 24.0 Å². The molecule has 5 heteroatoms. The van der Waals surface area contributed by atoms with Crippen molar-refractivity contribution >= 4 is 18.1 Å². The number of carbonyl (C=O) groups excluding carboxylic acids is 2. The van der Waals surface area contributed by atoms with Crippen molar-refractivity contribution in [2.24, 2.45) is 0 Å². The molecule has 0 heterocycles. The Morgan fingerprint density at radius 3 is 2.33 bits per heavy atom. The van der Waals surface area contributed by atoms with E-state index in [4.69, 9.17) is 4.74 Å². The molecule has 0 N–H and O–H groups in total. The van der Waals surface area contributed by atoms with Crippen molar-refractivity contribution in [2.45, 2.75) is 6.92 Å². The maximum Gasteiger partial charge on any atom is 0.298 e. The van der Waals surface area contributed by atoms with Crippen LogP contribution in [-0.4, -0.2) is 19.4 Å². The number of anilines is 1. The second kappa shape index (κ2) is 6.17. The quantitative estimate of drug-likeness (QED) is 0.812. The van der Waals surface area contributed by atoms with Crippen LogP contribution < -0.4 is 9.64 Å². The zero-order valence-electron chi connectivity index (χ0n) is 11.7. The average Bonchev–Trinajstić information content (AvgIpc) is 2.47. The Hall–Kier alpha value is -2.69. The van der Waals surface area contributed by atoms with Crippen molar-refractivity contribution in [1.82, 2.24) is 0 Å². The van der Waals surface area contributed by atoms with Crippen LogP contribution in [0.3, 0.4) is 0 Å². The molecular weight excluding hydrogens is 273 g/mol. The number of rotatable bonds is 4. The predicted molar refractivity (Wildman–Crippen MR) is 77.6 cm³/mol. The third-order valence-electron chi connectivity index (χ3n) is 3.15. The van der Waals surface area contributed by atoms with Crippen LogP contribution in [0, 0.1) is 5.82 Å². The molecule has 2 aromatic rings. The Morgan fingerprint density at radius 1 is 1.14 bits per heavy atom. The SMILES string of the molecule is CC(=O)N(C)c1ccc(-c2ccc(F)cc2)cc1OC=O. The minimum Gasteiger partial charge on any atom is -0.426 e. The van der Waals surface area contributed by atoms with Crippen LogP contribution in [0.25, 0.3) is 11.1 Å². The number of benzene rings is 2. The summed E-state index contributed by atoms with van der Waals surface area (Å²) < 4.78 is 17.9. The summed E-state index contributed by atoms with van der Waals surface area (Å²) in [6.07, 6.45) is 0. The molecule has 0 radical (unpaired) electrons. The Kier molecular flexibility index (Phi) is 4.33. The van der Waals surface area contributed by atoms with Gasteiger partial charge < -0.3 is 9.64 Å². The van der Waals surface area contributed by atoms with Gasteiger partial charge >= 0.3 is 0 Å². The Bertz CT molecular complexity index is 668. The predicted octanol–water partition coefficient (Wildman–Crippen LogP) is 3.01. The highest BCUT2D eigenvalue weighted by Gasteiger charge is 2.13. The molecule has 0 saturated heterocycles. The topological polar surface area (TPSA) is 46.6 Å². The highest BCUT2D eigenvalue weighted by Crippen LogP contribution is 2.33. The molecule has 0 aromatic heterocycles. The van der Waals surface area contributed by atoms with Crippen LogP contribution in [0.15, 0.2) is 42.5 Å². The van der Waals surface area contributed by atoms with Gasteiger partial charge in [-0.3, -0.25) is 9.59 Å². The van der Waals surface area contributed by atoms with Gasteiger partial charge in [-0.05, 0) is 35.4 Å². The summed E-state index contributed by atoms with van der Waals surface area (Å²) in [7, 11) is 1.59. The number of carbonyl (C=O) groups is 2. The first-order chi connectivity index (χ1) is 10.0. The molecular formula is C16H14FNO3. The van der Waals surface area contributed by atoms with Gasteiger partial charge in [0.15, 0.2) is 5.75 Å². The smallest absolute Gasteiger partial charge is 0.298 e. The van der Waals surface area contributed by atoms with E-state index >= 15 is 0 Å². The van der Waals surface area contributed by atoms with Gasteiger partial charge in [-0.2, -0.15) is 0 Å². The number of amides is 1. The molecule has 0 aliphatic heterocycles. The number of nitrogens with zero attached hydrogens (tertiary/aromatic N) is 1. The highest BCUT2D eigenvalue weighted by molar-refractivity contribution is 5.93. The third-order valence-corrected chi connectivity index (χ3v) is 3.15. The van der Waals surface area contributed by atoms with Crippen molar-refractivity contribution in [3.05, 3.63) is 48.3 Å². The minimum absolute atomic E-state index is 0.180. The Labute approximate surface area is 121 Å². The standard InChI is InChI=1S/C16H14FNO3/c1-11(20)18(2)15-8-5-13(9-16(15)21-10-19)12-3-6-14(17)7-4-12/h3-10H,1-2H3. The molecule has 4 nitrogen and oxygen atoms in total. The normalized spacial score (nSPS) is 10.0. The van der Waals surface area contributed by atoms with Crippen LogP contribution in [0.4, 0.5) is 10.1 Å². The fraction of sp³-hybridized carbons (Fsp3) is 0.125. The summed E-state index contributed by atoms with van der Waals surface area (Å²) in [4.78, 5) is 23.5. The molecule has 0 atom stereocenters. The molecule has 0 aliphatic rings. The lowest BCUT2D eigenvalue weighted by molar-refractivity contribution is -0.121. The maximum atomic E-state index is 12.9. The average molecular weight is 287 g/mol. The number of hydrogen-bond donors (Lipinski definition) is 0.